The second-order valence-corrected chi connectivity index (χ2v) is 8.80. The van der Waals surface area contributed by atoms with Crippen molar-refractivity contribution in [1.82, 2.24) is 4.72 Å². The first-order valence-electron chi connectivity index (χ1n) is 7.01. The molecule has 0 fully saturated rings. The molecule has 0 bridgehead atoms. The molecule has 2 aromatic carbocycles. The summed E-state index contributed by atoms with van der Waals surface area (Å²) in [6, 6.07) is 10.1. The SMILES string of the molecule is Cc1ccc(S(=O)(=O)NCC(=O)Nc2c(C)cc(Br)cc2Br)cc1. The van der Waals surface area contributed by atoms with Crippen LogP contribution in [0, 0.1) is 13.8 Å². The Kier molecular flexibility index (Phi) is 6.19. The number of rotatable bonds is 5. The second-order valence-electron chi connectivity index (χ2n) is 5.27. The summed E-state index contributed by atoms with van der Waals surface area (Å²) in [6.45, 7) is 3.37. The van der Waals surface area contributed by atoms with Crippen LogP contribution in [0.25, 0.3) is 0 Å². The van der Waals surface area contributed by atoms with Crippen LogP contribution >= 0.6 is 31.9 Å². The van der Waals surface area contributed by atoms with E-state index in [0.29, 0.717) is 10.2 Å². The van der Waals surface area contributed by atoms with Gasteiger partial charge in [0.25, 0.3) is 0 Å². The topological polar surface area (TPSA) is 75.3 Å². The zero-order valence-electron chi connectivity index (χ0n) is 13.1. The molecule has 2 N–H and O–H groups in total. The van der Waals surface area contributed by atoms with Crippen LogP contribution in [0.3, 0.4) is 0 Å². The van der Waals surface area contributed by atoms with Gasteiger partial charge in [0, 0.05) is 8.95 Å². The van der Waals surface area contributed by atoms with E-state index in [1.54, 1.807) is 18.2 Å². The molecule has 24 heavy (non-hydrogen) atoms. The van der Waals surface area contributed by atoms with Crippen molar-refractivity contribution >= 4 is 53.5 Å². The van der Waals surface area contributed by atoms with E-state index in [2.05, 4.69) is 41.9 Å². The monoisotopic (exact) mass is 474 g/mol. The van der Waals surface area contributed by atoms with Crippen molar-refractivity contribution in [2.24, 2.45) is 0 Å². The fourth-order valence-corrected chi connectivity index (χ4v) is 4.53. The Labute approximate surface area is 158 Å². The highest BCUT2D eigenvalue weighted by atomic mass is 79.9. The summed E-state index contributed by atoms with van der Waals surface area (Å²) in [5.41, 5.74) is 2.42. The number of carbonyl (C=O) groups excluding carboxylic acids is 1. The highest BCUT2D eigenvalue weighted by molar-refractivity contribution is 9.11. The van der Waals surface area contributed by atoms with E-state index in [1.165, 1.54) is 12.1 Å². The number of benzene rings is 2. The maximum absolute atomic E-state index is 12.2. The number of amides is 1. The van der Waals surface area contributed by atoms with Crippen molar-refractivity contribution in [1.29, 1.82) is 0 Å². The van der Waals surface area contributed by atoms with Crippen LogP contribution in [0.4, 0.5) is 5.69 Å². The van der Waals surface area contributed by atoms with Crippen LogP contribution in [0.1, 0.15) is 11.1 Å². The molecular formula is C16H16Br2N2O3S. The van der Waals surface area contributed by atoms with Crippen molar-refractivity contribution in [3.8, 4) is 0 Å². The van der Waals surface area contributed by atoms with Crippen LogP contribution in [-0.2, 0) is 14.8 Å². The number of halogens is 2. The zero-order valence-corrected chi connectivity index (χ0v) is 17.0. The maximum atomic E-state index is 12.2. The van der Waals surface area contributed by atoms with E-state index in [1.807, 2.05) is 19.9 Å². The number of nitrogens with one attached hydrogen (secondary N) is 2. The minimum absolute atomic E-state index is 0.127. The summed E-state index contributed by atoms with van der Waals surface area (Å²) in [5.74, 6) is -0.447. The third kappa shape index (κ3) is 4.89. The van der Waals surface area contributed by atoms with Gasteiger partial charge < -0.3 is 5.32 Å². The van der Waals surface area contributed by atoms with Gasteiger partial charge in [0.05, 0.1) is 17.1 Å². The molecule has 0 aliphatic carbocycles. The van der Waals surface area contributed by atoms with E-state index < -0.39 is 15.9 Å². The molecule has 128 valence electrons. The largest absolute Gasteiger partial charge is 0.324 e. The molecule has 0 aliphatic heterocycles. The first-order valence-corrected chi connectivity index (χ1v) is 10.1. The molecule has 0 radical (unpaired) electrons. The highest BCUT2D eigenvalue weighted by Gasteiger charge is 2.16. The first kappa shape index (κ1) is 19.1. The predicted molar refractivity (Wildman–Crippen MR) is 102 cm³/mol. The zero-order chi connectivity index (χ0) is 17.9. The molecule has 0 aromatic heterocycles. The van der Waals surface area contributed by atoms with Gasteiger partial charge in [-0.15, -0.1) is 0 Å². The average Bonchev–Trinajstić information content (AvgIpc) is 2.49. The molecule has 8 heteroatoms. The summed E-state index contributed by atoms with van der Waals surface area (Å²) in [4.78, 5) is 12.2. The number of anilines is 1. The quantitative estimate of drug-likeness (QED) is 0.691. The minimum Gasteiger partial charge on any atom is -0.324 e. The summed E-state index contributed by atoms with van der Waals surface area (Å²) < 4.78 is 28.2. The Morgan fingerprint density at radius 2 is 1.71 bits per heavy atom. The lowest BCUT2D eigenvalue weighted by Crippen LogP contribution is -2.33. The highest BCUT2D eigenvalue weighted by Crippen LogP contribution is 2.30. The Morgan fingerprint density at radius 3 is 2.29 bits per heavy atom. The molecule has 5 nitrogen and oxygen atoms in total. The average molecular weight is 476 g/mol. The summed E-state index contributed by atoms with van der Waals surface area (Å²) in [7, 11) is -3.72. The smallest absolute Gasteiger partial charge is 0.241 e. The normalized spacial score (nSPS) is 11.3. The standard InChI is InChI=1S/C16H16Br2N2O3S/c1-10-3-5-13(6-4-10)24(22,23)19-9-15(21)20-16-11(2)7-12(17)8-14(16)18/h3-8,19H,9H2,1-2H3,(H,20,21). The fraction of sp³-hybridized carbons (Fsp3) is 0.188. The third-order valence-corrected chi connectivity index (χ3v) is 5.77. The van der Waals surface area contributed by atoms with Gasteiger partial charge in [-0.1, -0.05) is 33.6 Å². The maximum Gasteiger partial charge on any atom is 0.241 e. The second kappa shape index (κ2) is 7.77. The molecule has 0 saturated carbocycles. The fourth-order valence-electron chi connectivity index (χ4n) is 2.01. The van der Waals surface area contributed by atoms with Gasteiger partial charge in [-0.05, 0) is 59.6 Å². The molecule has 0 atom stereocenters. The van der Waals surface area contributed by atoms with Gasteiger partial charge in [-0.25, -0.2) is 13.1 Å². The van der Waals surface area contributed by atoms with Crippen molar-refractivity contribution in [3.63, 3.8) is 0 Å². The number of hydrogen-bond acceptors (Lipinski definition) is 3. The molecule has 0 saturated heterocycles. The van der Waals surface area contributed by atoms with Crippen LogP contribution in [0.2, 0.25) is 0 Å². The van der Waals surface area contributed by atoms with E-state index in [4.69, 9.17) is 0 Å². The molecule has 0 unspecified atom stereocenters. The predicted octanol–water partition coefficient (Wildman–Crippen LogP) is 3.75. The van der Waals surface area contributed by atoms with Gasteiger partial charge in [-0.3, -0.25) is 4.79 Å². The van der Waals surface area contributed by atoms with Crippen LogP contribution in [-0.4, -0.2) is 20.9 Å². The van der Waals surface area contributed by atoms with Gasteiger partial charge in [-0.2, -0.15) is 0 Å². The molecule has 2 rings (SSSR count). The van der Waals surface area contributed by atoms with Crippen molar-refractivity contribution in [2.75, 3.05) is 11.9 Å². The Bertz CT molecular complexity index is 842. The van der Waals surface area contributed by atoms with Crippen molar-refractivity contribution < 1.29 is 13.2 Å². The summed E-state index contributed by atoms with van der Waals surface area (Å²) >= 11 is 6.74. The Morgan fingerprint density at radius 1 is 1.08 bits per heavy atom. The van der Waals surface area contributed by atoms with Crippen LogP contribution in [0.15, 0.2) is 50.2 Å². The van der Waals surface area contributed by atoms with E-state index in [9.17, 15) is 13.2 Å². The van der Waals surface area contributed by atoms with Gasteiger partial charge >= 0.3 is 0 Å². The number of sulfonamides is 1. The van der Waals surface area contributed by atoms with Gasteiger partial charge in [0.1, 0.15) is 0 Å². The summed E-state index contributed by atoms with van der Waals surface area (Å²) in [6.07, 6.45) is 0. The third-order valence-electron chi connectivity index (χ3n) is 3.27. The lowest BCUT2D eigenvalue weighted by atomic mass is 10.2. The molecular weight excluding hydrogens is 460 g/mol. The number of hydrogen-bond donors (Lipinski definition) is 2. The molecule has 2 aromatic rings. The minimum atomic E-state index is -3.72. The van der Waals surface area contributed by atoms with Gasteiger partial charge in [0.2, 0.25) is 15.9 Å². The molecule has 0 aliphatic rings. The Balaban J connectivity index is 2.04. The van der Waals surface area contributed by atoms with E-state index in [-0.39, 0.29) is 11.4 Å². The summed E-state index contributed by atoms with van der Waals surface area (Å²) in [5, 5.41) is 2.71. The van der Waals surface area contributed by atoms with E-state index in [0.717, 1.165) is 15.6 Å². The molecule has 0 heterocycles. The number of carbonyl (C=O) groups is 1. The van der Waals surface area contributed by atoms with Gasteiger partial charge in [0.15, 0.2) is 0 Å². The first-order chi connectivity index (χ1) is 11.2. The van der Waals surface area contributed by atoms with Crippen molar-refractivity contribution in [3.05, 3.63) is 56.5 Å². The number of aryl methyl sites for hydroxylation is 2. The van der Waals surface area contributed by atoms with E-state index >= 15 is 0 Å². The van der Waals surface area contributed by atoms with Crippen LogP contribution < -0.4 is 10.0 Å². The van der Waals surface area contributed by atoms with Crippen LogP contribution in [0.5, 0.6) is 0 Å². The lowest BCUT2D eigenvalue weighted by molar-refractivity contribution is -0.115. The Hall–Kier alpha value is -1.22. The van der Waals surface area contributed by atoms with Crippen molar-refractivity contribution in [2.45, 2.75) is 18.7 Å². The molecule has 0 spiro atoms. The lowest BCUT2D eigenvalue weighted by Gasteiger charge is -2.12. The molecule has 1 amide bonds.